The van der Waals surface area contributed by atoms with Crippen LogP contribution in [0.3, 0.4) is 0 Å². The van der Waals surface area contributed by atoms with E-state index in [-0.39, 0.29) is 18.5 Å². The van der Waals surface area contributed by atoms with E-state index in [1.807, 2.05) is 0 Å². The molecule has 1 aromatic rings. The van der Waals surface area contributed by atoms with Crippen LogP contribution in [0.25, 0.3) is 0 Å². The maximum absolute atomic E-state index is 12.9. The van der Waals surface area contributed by atoms with Crippen molar-refractivity contribution in [2.24, 2.45) is 0 Å². The number of carbonyl (C=O) groups excluding carboxylic acids is 1. The fourth-order valence-corrected chi connectivity index (χ4v) is 2.39. The molecule has 23 heavy (non-hydrogen) atoms. The van der Waals surface area contributed by atoms with E-state index in [2.05, 4.69) is 0 Å². The number of amides is 1. The van der Waals surface area contributed by atoms with E-state index >= 15 is 0 Å². The monoisotopic (exact) mass is 334 g/mol. The zero-order valence-corrected chi connectivity index (χ0v) is 12.6. The van der Waals surface area contributed by atoms with Crippen LogP contribution >= 0.6 is 0 Å². The Kier molecular flexibility index (Phi) is 5.59. The number of benzene rings is 1. The van der Waals surface area contributed by atoms with Gasteiger partial charge in [0.15, 0.2) is 0 Å². The Hall–Kier alpha value is -1.67. The number of likely N-dealkylation sites (N-methyl/N-ethyl adjacent to an activating group) is 1. The van der Waals surface area contributed by atoms with E-state index in [9.17, 15) is 22.4 Å². The van der Waals surface area contributed by atoms with Crippen molar-refractivity contribution in [2.45, 2.75) is 12.3 Å². The SMILES string of the molecule is CN(CC(F)(F)F)C(=O)CN1CCO[C@H](c2ccc(F)cc2)C1. The van der Waals surface area contributed by atoms with Gasteiger partial charge in [0.2, 0.25) is 5.91 Å². The number of ether oxygens (including phenoxy) is 1. The Labute approximate surface area is 131 Å². The van der Waals surface area contributed by atoms with Crippen LogP contribution < -0.4 is 0 Å². The van der Waals surface area contributed by atoms with Crippen LogP contribution in [-0.4, -0.2) is 61.7 Å². The van der Waals surface area contributed by atoms with E-state index < -0.39 is 18.6 Å². The van der Waals surface area contributed by atoms with E-state index in [0.717, 1.165) is 12.6 Å². The summed E-state index contributed by atoms with van der Waals surface area (Å²) in [5.41, 5.74) is 0.771. The lowest BCUT2D eigenvalue weighted by Gasteiger charge is -2.33. The van der Waals surface area contributed by atoms with Gasteiger partial charge in [-0.25, -0.2) is 4.39 Å². The number of rotatable bonds is 4. The van der Waals surface area contributed by atoms with Gasteiger partial charge in [0.1, 0.15) is 12.4 Å². The molecule has 0 aliphatic carbocycles. The van der Waals surface area contributed by atoms with Gasteiger partial charge in [-0.15, -0.1) is 0 Å². The van der Waals surface area contributed by atoms with Crippen molar-refractivity contribution < 1.29 is 27.1 Å². The van der Waals surface area contributed by atoms with Gasteiger partial charge >= 0.3 is 6.18 Å². The molecule has 1 fully saturated rings. The number of morpholine rings is 1. The van der Waals surface area contributed by atoms with Gasteiger partial charge in [0.25, 0.3) is 0 Å². The molecule has 0 radical (unpaired) electrons. The second-order valence-corrected chi connectivity index (χ2v) is 5.51. The Morgan fingerprint density at radius 2 is 2.00 bits per heavy atom. The highest BCUT2D eigenvalue weighted by atomic mass is 19.4. The summed E-state index contributed by atoms with van der Waals surface area (Å²) in [4.78, 5) is 14.3. The summed E-state index contributed by atoms with van der Waals surface area (Å²) < 4.78 is 55.4. The molecule has 4 nitrogen and oxygen atoms in total. The molecule has 0 bridgehead atoms. The normalized spacial score (nSPS) is 19.6. The van der Waals surface area contributed by atoms with E-state index in [0.29, 0.717) is 24.6 Å². The largest absolute Gasteiger partial charge is 0.406 e. The van der Waals surface area contributed by atoms with Gasteiger partial charge in [0, 0.05) is 20.1 Å². The number of carbonyl (C=O) groups is 1. The minimum atomic E-state index is -4.41. The molecule has 8 heteroatoms. The number of nitrogens with zero attached hydrogens (tertiary/aromatic N) is 2. The van der Waals surface area contributed by atoms with Crippen LogP contribution in [0.2, 0.25) is 0 Å². The lowest BCUT2D eigenvalue weighted by molar-refractivity contribution is -0.160. The van der Waals surface area contributed by atoms with Gasteiger partial charge in [-0.3, -0.25) is 9.69 Å². The molecule has 1 aliphatic rings. The third kappa shape index (κ3) is 5.47. The first-order valence-electron chi connectivity index (χ1n) is 7.15. The van der Waals surface area contributed by atoms with Crippen LogP contribution in [0, 0.1) is 5.82 Å². The van der Waals surface area contributed by atoms with E-state index in [1.54, 1.807) is 17.0 Å². The summed E-state index contributed by atoms with van der Waals surface area (Å²) in [6, 6.07) is 5.84. The van der Waals surface area contributed by atoms with Crippen LogP contribution in [0.15, 0.2) is 24.3 Å². The molecule has 0 saturated carbocycles. The maximum atomic E-state index is 12.9. The molecular weight excluding hydrogens is 316 g/mol. The van der Waals surface area contributed by atoms with Crippen LogP contribution in [0.5, 0.6) is 0 Å². The first-order chi connectivity index (χ1) is 10.7. The fourth-order valence-electron chi connectivity index (χ4n) is 2.39. The predicted molar refractivity (Wildman–Crippen MR) is 75.2 cm³/mol. The van der Waals surface area contributed by atoms with Crippen molar-refractivity contribution >= 4 is 5.91 Å². The van der Waals surface area contributed by atoms with Crippen molar-refractivity contribution in [3.8, 4) is 0 Å². The second-order valence-electron chi connectivity index (χ2n) is 5.51. The number of hydrogen-bond donors (Lipinski definition) is 0. The van der Waals surface area contributed by atoms with Crippen molar-refractivity contribution in [3.05, 3.63) is 35.6 Å². The summed E-state index contributed by atoms with van der Waals surface area (Å²) >= 11 is 0. The molecule has 0 spiro atoms. The van der Waals surface area contributed by atoms with E-state index in [1.165, 1.54) is 12.1 Å². The third-order valence-electron chi connectivity index (χ3n) is 3.59. The molecule has 1 atom stereocenters. The molecule has 1 aromatic carbocycles. The summed E-state index contributed by atoms with van der Waals surface area (Å²) in [6.45, 7) is -0.177. The highest BCUT2D eigenvalue weighted by Gasteiger charge is 2.32. The highest BCUT2D eigenvalue weighted by molar-refractivity contribution is 5.78. The van der Waals surface area contributed by atoms with Gasteiger partial charge < -0.3 is 9.64 Å². The zero-order chi connectivity index (χ0) is 17.0. The number of hydrogen-bond acceptors (Lipinski definition) is 3. The van der Waals surface area contributed by atoms with Crippen LogP contribution in [-0.2, 0) is 9.53 Å². The van der Waals surface area contributed by atoms with Crippen LogP contribution in [0.4, 0.5) is 17.6 Å². The molecule has 1 amide bonds. The molecule has 2 rings (SSSR count). The molecule has 128 valence electrons. The first-order valence-corrected chi connectivity index (χ1v) is 7.15. The molecule has 1 saturated heterocycles. The Morgan fingerprint density at radius 3 is 2.61 bits per heavy atom. The molecule has 0 aromatic heterocycles. The fraction of sp³-hybridized carbons (Fsp3) is 0.533. The van der Waals surface area contributed by atoms with Crippen molar-refractivity contribution in [1.82, 2.24) is 9.80 Å². The Morgan fingerprint density at radius 1 is 1.35 bits per heavy atom. The van der Waals surface area contributed by atoms with Crippen molar-refractivity contribution in [1.29, 1.82) is 0 Å². The van der Waals surface area contributed by atoms with E-state index in [4.69, 9.17) is 4.74 Å². The van der Waals surface area contributed by atoms with Gasteiger partial charge in [-0.2, -0.15) is 13.2 Å². The lowest BCUT2D eigenvalue weighted by Crippen LogP contribution is -2.46. The predicted octanol–water partition coefficient (Wildman–Crippen LogP) is 2.22. The van der Waals surface area contributed by atoms with Gasteiger partial charge in [0.05, 0.1) is 19.3 Å². The van der Waals surface area contributed by atoms with Crippen molar-refractivity contribution in [2.75, 3.05) is 39.8 Å². The first kappa shape index (κ1) is 17.7. The highest BCUT2D eigenvalue weighted by Crippen LogP contribution is 2.22. The van der Waals surface area contributed by atoms with Crippen LogP contribution in [0.1, 0.15) is 11.7 Å². The number of halogens is 4. The number of alkyl halides is 3. The molecular formula is C15H18F4N2O2. The third-order valence-corrected chi connectivity index (χ3v) is 3.59. The standard InChI is InChI=1S/C15H18F4N2O2/c1-20(10-15(17,18)19)14(22)9-21-6-7-23-13(8-21)11-2-4-12(16)5-3-11/h2-5,13H,6-10H2,1H3/t13-/m0/s1. The van der Waals surface area contributed by atoms with Gasteiger partial charge in [-0.05, 0) is 17.7 Å². The second kappa shape index (κ2) is 7.27. The minimum Gasteiger partial charge on any atom is -0.371 e. The van der Waals surface area contributed by atoms with Gasteiger partial charge in [-0.1, -0.05) is 12.1 Å². The van der Waals surface area contributed by atoms with Crippen molar-refractivity contribution in [3.63, 3.8) is 0 Å². The summed E-state index contributed by atoms with van der Waals surface area (Å²) in [6.07, 6.45) is -4.74. The molecule has 0 unspecified atom stereocenters. The zero-order valence-electron chi connectivity index (χ0n) is 12.6. The lowest BCUT2D eigenvalue weighted by atomic mass is 10.1. The Balaban J connectivity index is 1.91. The minimum absolute atomic E-state index is 0.104. The quantitative estimate of drug-likeness (QED) is 0.792. The molecule has 1 aliphatic heterocycles. The molecule has 1 heterocycles. The Bertz CT molecular complexity index is 533. The average Bonchev–Trinajstić information content (AvgIpc) is 2.46. The maximum Gasteiger partial charge on any atom is 0.406 e. The topological polar surface area (TPSA) is 32.8 Å². The summed E-state index contributed by atoms with van der Waals surface area (Å²) in [5, 5.41) is 0. The summed E-state index contributed by atoms with van der Waals surface area (Å²) in [5.74, 6) is -0.951. The average molecular weight is 334 g/mol. The summed E-state index contributed by atoms with van der Waals surface area (Å²) in [7, 11) is 1.13. The molecule has 0 N–H and O–H groups in total. The smallest absolute Gasteiger partial charge is 0.371 e.